The van der Waals surface area contributed by atoms with Crippen LogP contribution in [-0.2, 0) is 0 Å². The number of carboxylic acids is 1. The Morgan fingerprint density at radius 1 is 1.53 bits per heavy atom. The van der Waals surface area contributed by atoms with Gasteiger partial charge >= 0.3 is 11.7 Å². The predicted octanol–water partition coefficient (Wildman–Crippen LogP) is 1.01. The van der Waals surface area contributed by atoms with Crippen LogP contribution in [0.5, 0.6) is 11.5 Å². The van der Waals surface area contributed by atoms with E-state index in [1.54, 1.807) is 0 Å². The molecule has 0 bridgehead atoms. The van der Waals surface area contributed by atoms with Crippen LogP contribution in [-0.4, -0.2) is 28.2 Å². The van der Waals surface area contributed by atoms with Gasteiger partial charge in [0.15, 0.2) is 0 Å². The van der Waals surface area contributed by atoms with Gasteiger partial charge in [0.1, 0.15) is 11.3 Å². The summed E-state index contributed by atoms with van der Waals surface area (Å²) in [6, 6.07) is 1.95. The van der Waals surface area contributed by atoms with E-state index in [1.165, 1.54) is 7.11 Å². The minimum Gasteiger partial charge on any atom is -0.501 e. The molecule has 1 rings (SSSR count). The fourth-order valence-electron chi connectivity index (χ4n) is 1.01. The Kier molecular flexibility index (Phi) is 2.75. The van der Waals surface area contributed by atoms with Crippen LogP contribution >= 0.6 is 0 Å². The summed E-state index contributed by atoms with van der Waals surface area (Å²) in [4.78, 5) is 20.2. The molecule has 0 aromatic heterocycles. The summed E-state index contributed by atoms with van der Waals surface area (Å²) in [6.07, 6.45) is 0. The lowest BCUT2D eigenvalue weighted by Gasteiger charge is -2.04. The van der Waals surface area contributed by atoms with Gasteiger partial charge in [-0.1, -0.05) is 0 Å². The van der Waals surface area contributed by atoms with Gasteiger partial charge < -0.3 is 14.9 Å². The molecule has 0 aliphatic carbocycles. The number of rotatable bonds is 3. The standard InChI is InChI=1S/C8H7NO6/c1-15-4-2-5(8(11)12)7(10)6(3-4)9(13)14/h2-3,10H,1H3,(H,11,12). The molecule has 0 radical (unpaired) electrons. The average Bonchev–Trinajstić information content (AvgIpc) is 2.17. The first-order valence-corrected chi connectivity index (χ1v) is 3.76. The zero-order chi connectivity index (χ0) is 11.6. The zero-order valence-corrected chi connectivity index (χ0v) is 7.63. The lowest BCUT2D eigenvalue weighted by Crippen LogP contribution is -2.00. The lowest BCUT2D eigenvalue weighted by atomic mass is 10.1. The highest BCUT2D eigenvalue weighted by atomic mass is 16.6. The number of carboxylic acid groups (broad SMARTS) is 1. The summed E-state index contributed by atoms with van der Waals surface area (Å²) >= 11 is 0. The Hall–Kier alpha value is -2.31. The molecule has 0 unspecified atom stereocenters. The fourth-order valence-corrected chi connectivity index (χ4v) is 1.01. The normalized spacial score (nSPS) is 9.67. The summed E-state index contributed by atoms with van der Waals surface area (Å²) in [7, 11) is 1.24. The van der Waals surface area contributed by atoms with Crippen molar-refractivity contribution in [2.75, 3.05) is 7.11 Å². The third-order valence-corrected chi connectivity index (χ3v) is 1.73. The molecule has 0 spiro atoms. The van der Waals surface area contributed by atoms with Crippen LogP contribution in [0.25, 0.3) is 0 Å². The quantitative estimate of drug-likeness (QED) is 0.572. The number of aromatic hydroxyl groups is 1. The zero-order valence-electron chi connectivity index (χ0n) is 7.63. The lowest BCUT2D eigenvalue weighted by molar-refractivity contribution is -0.386. The largest absolute Gasteiger partial charge is 0.501 e. The Balaban J connectivity index is 3.47. The van der Waals surface area contributed by atoms with E-state index in [-0.39, 0.29) is 5.75 Å². The SMILES string of the molecule is COc1cc(C(=O)O)c(O)c([N+](=O)[O-])c1. The summed E-state index contributed by atoms with van der Waals surface area (Å²) < 4.78 is 4.67. The van der Waals surface area contributed by atoms with Gasteiger partial charge in [0.05, 0.1) is 18.1 Å². The van der Waals surface area contributed by atoms with E-state index in [9.17, 15) is 20.0 Å². The molecule has 0 fully saturated rings. The van der Waals surface area contributed by atoms with Crippen molar-refractivity contribution in [3.8, 4) is 11.5 Å². The predicted molar refractivity (Wildman–Crippen MR) is 48.3 cm³/mol. The van der Waals surface area contributed by atoms with Crippen molar-refractivity contribution in [2.24, 2.45) is 0 Å². The topological polar surface area (TPSA) is 110 Å². The van der Waals surface area contributed by atoms with Crippen LogP contribution < -0.4 is 4.74 Å². The molecule has 0 heterocycles. The van der Waals surface area contributed by atoms with Gasteiger partial charge in [-0.2, -0.15) is 0 Å². The van der Waals surface area contributed by atoms with Crippen LogP contribution in [0, 0.1) is 10.1 Å². The third-order valence-electron chi connectivity index (χ3n) is 1.73. The molecular weight excluding hydrogens is 206 g/mol. The number of methoxy groups -OCH3 is 1. The number of hydrogen-bond donors (Lipinski definition) is 2. The van der Waals surface area contributed by atoms with Crippen molar-refractivity contribution in [1.82, 2.24) is 0 Å². The number of nitro benzene ring substituents is 1. The van der Waals surface area contributed by atoms with Crippen LogP contribution in [0.4, 0.5) is 5.69 Å². The van der Waals surface area contributed by atoms with E-state index in [0.717, 1.165) is 12.1 Å². The minimum atomic E-state index is -1.46. The highest BCUT2D eigenvalue weighted by Crippen LogP contribution is 2.34. The van der Waals surface area contributed by atoms with E-state index in [1.807, 2.05) is 0 Å². The second-order valence-electron chi connectivity index (χ2n) is 2.60. The fraction of sp³-hybridized carbons (Fsp3) is 0.125. The maximum absolute atomic E-state index is 10.6. The molecule has 7 nitrogen and oxygen atoms in total. The van der Waals surface area contributed by atoms with Crippen LogP contribution in [0.2, 0.25) is 0 Å². The summed E-state index contributed by atoms with van der Waals surface area (Å²) in [5.74, 6) is -2.35. The Labute approximate surface area is 83.7 Å². The third kappa shape index (κ3) is 1.96. The highest BCUT2D eigenvalue weighted by Gasteiger charge is 2.23. The van der Waals surface area contributed by atoms with Crippen LogP contribution in [0.1, 0.15) is 10.4 Å². The van der Waals surface area contributed by atoms with Crippen molar-refractivity contribution in [3.05, 3.63) is 27.8 Å². The second kappa shape index (κ2) is 3.82. The van der Waals surface area contributed by atoms with Crippen molar-refractivity contribution in [1.29, 1.82) is 0 Å². The van der Waals surface area contributed by atoms with E-state index in [4.69, 9.17) is 5.11 Å². The summed E-state index contributed by atoms with van der Waals surface area (Å²) in [5.41, 5.74) is -1.27. The molecule has 80 valence electrons. The minimum absolute atomic E-state index is 0.00287. The molecule has 2 N–H and O–H groups in total. The molecular formula is C8H7NO6. The molecule has 0 aliphatic rings. The van der Waals surface area contributed by atoms with Gasteiger partial charge in [-0.25, -0.2) is 4.79 Å². The van der Waals surface area contributed by atoms with Gasteiger partial charge in [0.2, 0.25) is 5.75 Å². The maximum atomic E-state index is 10.6. The summed E-state index contributed by atoms with van der Waals surface area (Å²) in [6.45, 7) is 0. The van der Waals surface area contributed by atoms with E-state index in [2.05, 4.69) is 4.74 Å². The number of aromatic carboxylic acids is 1. The number of ether oxygens (including phenoxy) is 1. The monoisotopic (exact) mass is 213 g/mol. The van der Waals surface area contributed by atoms with Gasteiger partial charge in [-0.05, 0) is 6.07 Å². The molecule has 7 heteroatoms. The molecule has 1 aromatic carbocycles. The highest BCUT2D eigenvalue weighted by molar-refractivity contribution is 5.93. The van der Waals surface area contributed by atoms with Crippen molar-refractivity contribution in [3.63, 3.8) is 0 Å². The number of benzene rings is 1. The number of carbonyl (C=O) groups is 1. The second-order valence-corrected chi connectivity index (χ2v) is 2.60. The smallest absolute Gasteiger partial charge is 0.339 e. The first kappa shape index (κ1) is 10.8. The molecule has 0 amide bonds. The molecule has 0 saturated heterocycles. The van der Waals surface area contributed by atoms with Gasteiger partial charge in [-0.15, -0.1) is 0 Å². The number of nitrogens with zero attached hydrogens (tertiary/aromatic N) is 1. The van der Waals surface area contributed by atoms with Crippen molar-refractivity contribution < 1.29 is 24.7 Å². The molecule has 0 aliphatic heterocycles. The number of phenols is 1. The van der Waals surface area contributed by atoms with Gasteiger partial charge in [0, 0.05) is 0 Å². The van der Waals surface area contributed by atoms with Gasteiger partial charge in [-0.3, -0.25) is 10.1 Å². The van der Waals surface area contributed by atoms with E-state index < -0.39 is 27.9 Å². The van der Waals surface area contributed by atoms with Crippen molar-refractivity contribution >= 4 is 11.7 Å². The molecule has 0 atom stereocenters. The first-order valence-electron chi connectivity index (χ1n) is 3.76. The Bertz CT molecular complexity index is 392. The summed E-state index contributed by atoms with van der Waals surface area (Å²) in [5, 5.41) is 28.4. The van der Waals surface area contributed by atoms with E-state index in [0.29, 0.717) is 0 Å². The molecule has 0 saturated carbocycles. The molecule has 1 aromatic rings. The molecule has 15 heavy (non-hydrogen) atoms. The van der Waals surface area contributed by atoms with Crippen LogP contribution in [0.15, 0.2) is 12.1 Å². The number of nitro groups is 1. The van der Waals surface area contributed by atoms with Crippen molar-refractivity contribution in [2.45, 2.75) is 0 Å². The number of hydrogen-bond acceptors (Lipinski definition) is 5. The van der Waals surface area contributed by atoms with E-state index >= 15 is 0 Å². The maximum Gasteiger partial charge on any atom is 0.339 e. The first-order chi connectivity index (χ1) is 6.97. The van der Waals surface area contributed by atoms with Gasteiger partial charge in [0.25, 0.3) is 0 Å². The Morgan fingerprint density at radius 3 is 2.53 bits per heavy atom. The average molecular weight is 213 g/mol. The Morgan fingerprint density at radius 2 is 2.13 bits per heavy atom. The van der Waals surface area contributed by atoms with Crippen LogP contribution in [0.3, 0.4) is 0 Å².